The van der Waals surface area contributed by atoms with Crippen LogP contribution in [0.3, 0.4) is 0 Å². The van der Waals surface area contributed by atoms with Gasteiger partial charge in [0.1, 0.15) is 5.82 Å². The molecule has 1 aromatic heterocycles. The predicted molar refractivity (Wildman–Crippen MR) is 134 cm³/mol. The first kappa shape index (κ1) is 23.1. The van der Waals surface area contributed by atoms with Crippen LogP contribution in [0.1, 0.15) is 18.8 Å². The number of carbonyl (C=O) groups is 1. The van der Waals surface area contributed by atoms with Crippen molar-refractivity contribution in [3.8, 4) is 5.69 Å². The molecule has 0 radical (unpaired) electrons. The monoisotopic (exact) mass is 501 g/mol. The molecule has 33 heavy (non-hydrogen) atoms. The van der Waals surface area contributed by atoms with Gasteiger partial charge >= 0.3 is 6.03 Å². The van der Waals surface area contributed by atoms with Crippen molar-refractivity contribution >= 4 is 63.1 Å². The van der Waals surface area contributed by atoms with E-state index in [0.717, 1.165) is 0 Å². The summed E-state index contributed by atoms with van der Waals surface area (Å²) in [6.07, 6.45) is 0. The molecular formula is C23H18Cl3N5O2. The van der Waals surface area contributed by atoms with E-state index in [2.05, 4.69) is 15.6 Å². The molecule has 4 rings (SSSR count). The summed E-state index contributed by atoms with van der Waals surface area (Å²) in [4.78, 5) is 30.5. The summed E-state index contributed by atoms with van der Waals surface area (Å²) >= 11 is 18.5. The smallest absolute Gasteiger partial charge is 0.322 e. The summed E-state index contributed by atoms with van der Waals surface area (Å²) in [5, 5.41) is 6.52. The van der Waals surface area contributed by atoms with Crippen LogP contribution >= 0.6 is 34.8 Å². The Morgan fingerprint density at radius 3 is 2.30 bits per heavy atom. The Morgan fingerprint density at radius 2 is 1.61 bits per heavy atom. The van der Waals surface area contributed by atoms with E-state index in [1.165, 1.54) is 4.57 Å². The summed E-state index contributed by atoms with van der Waals surface area (Å²) in [7, 11) is 0. The number of hydrogen-bond donors (Lipinski definition) is 3. The molecule has 3 aromatic carbocycles. The van der Waals surface area contributed by atoms with Gasteiger partial charge in [-0.2, -0.15) is 0 Å². The SMILES string of the molecule is C[C@H](N)c1nc2cccc(Cl)c2c(=O)n1-c1cccc(NC(=O)Nc2c(Cl)cccc2Cl)c1. The van der Waals surface area contributed by atoms with Crippen LogP contribution in [0.5, 0.6) is 0 Å². The zero-order chi connectivity index (χ0) is 23.7. The summed E-state index contributed by atoms with van der Waals surface area (Å²) < 4.78 is 1.40. The molecule has 0 aliphatic carbocycles. The number of rotatable bonds is 4. The van der Waals surface area contributed by atoms with Gasteiger partial charge in [-0.05, 0) is 49.4 Å². The Hall–Kier alpha value is -3.10. The van der Waals surface area contributed by atoms with Crippen molar-refractivity contribution in [2.45, 2.75) is 13.0 Å². The Morgan fingerprint density at radius 1 is 0.970 bits per heavy atom. The van der Waals surface area contributed by atoms with Crippen LogP contribution in [0.4, 0.5) is 16.2 Å². The Labute approximate surface area is 204 Å². The van der Waals surface area contributed by atoms with E-state index in [9.17, 15) is 9.59 Å². The largest absolute Gasteiger partial charge is 0.323 e. The zero-order valence-corrected chi connectivity index (χ0v) is 19.5. The highest BCUT2D eigenvalue weighted by molar-refractivity contribution is 6.39. The highest BCUT2D eigenvalue weighted by Crippen LogP contribution is 2.30. The van der Waals surface area contributed by atoms with Gasteiger partial charge in [0, 0.05) is 5.69 Å². The van der Waals surface area contributed by atoms with Gasteiger partial charge in [-0.15, -0.1) is 0 Å². The van der Waals surface area contributed by atoms with Gasteiger partial charge in [0.2, 0.25) is 0 Å². The molecule has 2 amide bonds. The Bertz CT molecular complexity index is 1420. The van der Waals surface area contributed by atoms with Crippen molar-refractivity contribution < 1.29 is 4.79 Å². The van der Waals surface area contributed by atoms with E-state index < -0.39 is 12.1 Å². The second-order valence-corrected chi connectivity index (χ2v) is 8.48. The molecule has 4 aromatic rings. The normalized spacial score (nSPS) is 11.9. The van der Waals surface area contributed by atoms with Gasteiger partial charge in [-0.25, -0.2) is 9.78 Å². The van der Waals surface area contributed by atoms with E-state index in [0.29, 0.717) is 43.5 Å². The topological polar surface area (TPSA) is 102 Å². The number of nitrogens with one attached hydrogen (secondary N) is 2. The van der Waals surface area contributed by atoms with Crippen LogP contribution in [-0.2, 0) is 0 Å². The minimum Gasteiger partial charge on any atom is -0.322 e. The molecule has 0 spiro atoms. The zero-order valence-electron chi connectivity index (χ0n) is 17.3. The molecule has 10 heteroatoms. The van der Waals surface area contributed by atoms with Crippen molar-refractivity contribution in [3.05, 3.63) is 91.9 Å². The first-order chi connectivity index (χ1) is 15.8. The molecule has 168 valence electrons. The number of benzene rings is 3. The highest BCUT2D eigenvalue weighted by atomic mass is 35.5. The van der Waals surface area contributed by atoms with Crippen LogP contribution < -0.4 is 21.9 Å². The molecule has 7 nitrogen and oxygen atoms in total. The van der Waals surface area contributed by atoms with Crippen molar-refractivity contribution in [2.24, 2.45) is 5.73 Å². The van der Waals surface area contributed by atoms with E-state index in [1.807, 2.05) is 0 Å². The first-order valence-electron chi connectivity index (χ1n) is 9.85. The predicted octanol–water partition coefficient (Wildman–Crippen LogP) is 6.01. The Kier molecular flexibility index (Phi) is 6.58. The first-order valence-corrected chi connectivity index (χ1v) is 11.0. The molecule has 0 bridgehead atoms. The van der Waals surface area contributed by atoms with E-state index in [1.54, 1.807) is 67.6 Å². The number of amides is 2. The lowest BCUT2D eigenvalue weighted by Crippen LogP contribution is -2.28. The molecule has 0 unspecified atom stereocenters. The number of aromatic nitrogens is 2. The second kappa shape index (κ2) is 9.41. The number of fused-ring (bicyclic) bond motifs is 1. The quantitative estimate of drug-likeness (QED) is 0.318. The van der Waals surface area contributed by atoms with Gasteiger partial charge in [-0.1, -0.05) is 53.0 Å². The summed E-state index contributed by atoms with van der Waals surface area (Å²) in [5.41, 5.74) is 7.41. The maximum atomic E-state index is 13.4. The number of anilines is 2. The fourth-order valence-corrected chi connectivity index (χ4v) is 4.12. The molecule has 0 fully saturated rings. The third-order valence-electron chi connectivity index (χ3n) is 4.84. The second-order valence-electron chi connectivity index (χ2n) is 7.26. The third kappa shape index (κ3) is 4.67. The van der Waals surface area contributed by atoms with E-state index >= 15 is 0 Å². The van der Waals surface area contributed by atoms with Gasteiger partial charge in [0.25, 0.3) is 5.56 Å². The summed E-state index contributed by atoms with van der Waals surface area (Å²) in [5.74, 6) is 0.360. The molecule has 0 aliphatic heterocycles. The Balaban J connectivity index is 1.73. The number of halogens is 3. The van der Waals surface area contributed by atoms with Crippen molar-refractivity contribution in [1.82, 2.24) is 9.55 Å². The van der Waals surface area contributed by atoms with E-state index in [-0.39, 0.29) is 10.9 Å². The number of urea groups is 1. The van der Waals surface area contributed by atoms with Crippen LogP contribution in [0.2, 0.25) is 15.1 Å². The lowest BCUT2D eigenvalue weighted by Gasteiger charge is -2.17. The van der Waals surface area contributed by atoms with Gasteiger partial charge < -0.3 is 16.4 Å². The number of para-hydroxylation sites is 1. The fourth-order valence-electron chi connectivity index (χ4n) is 3.38. The molecule has 0 saturated carbocycles. The van der Waals surface area contributed by atoms with Gasteiger partial charge in [0.15, 0.2) is 0 Å². The molecular weight excluding hydrogens is 485 g/mol. The average Bonchev–Trinajstić information content (AvgIpc) is 2.76. The minimum absolute atomic E-state index is 0.285. The summed E-state index contributed by atoms with van der Waals surface area (Å²) in [6.45, 7) is 1.73. The van der Waals surface area contributed by atoms with Gasteiger partial charge in [-0.3, -0.25) is 9.36 Å². The van der Waals surface area contributed by atoms with Crippen molar-refractivity contribution in [3.63, 3.8) is 0 Å². The lowest BCUT2D eigenvalue weighted by atomic mass is 10.2. The van der Waals surface area contributed by atoms with Gasteiger partial charge in [0.05, 0.1) is 43.4 Å². The molecule has 1 atom stereocenters. The number of carbonyl (C=O) groups excluding carboxylic acids is 1. The minimum atomic E-state index is -0.554. The summed E-state index contributed by atoms with van der Waals surface area (Å²) in [6, 6.07) is 15.6. The van der Waals surface area contributed by atoms with Crippen molar-refractivity contribution in [2.75, 3.05) is 10.6 Å². The lowest BCUT2D eigenvalue weighted by molar-refractivity contribution is 0.262. The van der Waals surface area contributed by atoms with Crippen LogP contribution in [0, 0.1) is 0 Å². The number of hydrogen-bond acceptors (Lipinski definition) is 4. The van der Waals surface area contributed by atoms with E-state index in [4.69, 9.17) is 40.5 Å². The number of nitrogens with two attached hydrogens (primary N) is 1. The number of nitrogens with zero attached hydrogens (tertiary/aromatic N) is 2. The third-order valence-corrected chi connectivity index (χ3v) is 5.79. The van der Waals surface area contributed by atoms with Crippen molar-refractivity contribution in [1.29, 1.82) is 0 Å². The molecule has 0 saturated heterocycles. The molecule has 0 aliphatic rings. The standard InChI is InChI=1S/C23H18Cl3N5O2/c1-12(27)21-29-18-10-4-7-15(24)19(18)22(32)31(21)14-6-2-5-13(11-14)28-23(33)30-20-16(25)8-3-9-17(20)26/h2-12H,27H2,1H3,(H2,28,30,33)/t12-/m0/s1. The van der Waals surface area contributed by atoms with Crippen LogP contribution in [0.15, 0.2) is 65.5 Å². The van der Waals surface area contributed by atoms with Crippen LogP contribution in [0.25, 0.3) is 16.6 Å². The molecule has 4 N–H and O–H groups in total. The van der Waals surface area contributed by atoms with Crippen LogP contribution in [-0.4, -0.2) is 15.6 Å². The maximum absolute atomic E-state index is 13.4. The highest BCUT2D eigenvalue weighted by Gasteiger charge is 2.18. The maximum Gasteiger partial charge on any atom is 0.323 e. The average molecular weight is 503 g/mol. The fraction of sp³-hybridized carbons (Fsp3) is 0.0870. The molecule has 1 heterocycles.